The number of carbonyl (C=O) groups is 1. The fourth-order valence-corrected chi connectivity index (χ4v) is 3.87. The number of benzene rings is 1. The van der Waals surface area contributed by atoms with Gasteiger partial charge in [0.15, 0.2) is 11.0 Å². The van der Waals surface area contributed by atoms with Crippen molar-refractivity contribution in [3.8, 4) is 0 Å². The summed E-state index contributed by atoms with van der Waals surface area (Å²) in [6, 6.07) is 7.25. The zero-order chi connectivity index (χ0) is 17.8. The van der Waals surface area contributed by atoms with Crippen LogP contribution in [0, 0.1) is 6.92 Å². The van der Waals surface area contributed by atoms with Crippen molar-refractivity contribution in [3.63, 3.8) is 0 Å². The van der Waals surface area contributed by atoms with Crippen molar-refractivity contribution in [2.45, 2.75) is 44.2 Å². The molecule has 1 aliphatic carbocycles. The van der Waals surface area contributed by atoms with E-state index in [2.05, 4.69) is 16.4 Å². The number of hydrogen-bond donors (Lipinski definition) is 2. The summed E-state index contributed by atoms with van der Waals surface area (Å²) in [5, 5.41) is 12.8. The maximum atomic E-state index is 12.8. The molecule has 0 saturated heterocycles. The van der Waals surface area contributed by atoms with Crippen LogP contribution >= 0.6 is 11.6 Å². The molecule has 0 unspecified atom stereocenters. The average Bonchev–Trinajstić information content (AvgIpc) is 3.19. The topological polar surface area (TPSA) is 84.2 Å². The first-order valence-electron chi connectivity index (χ1n) is 8.30. The van der Waals surface area contributed by atoms with Crippen LogP contribution in [0.15, 0.2) is 29.1 Å². The van der Waals surface area contributed by atoms with E-state index in [1.54, 1.807) is 0 Å². The summed E-state index contributed by atoms with van der Waals surface area (Å²) in [7, 11) is 0. The van der Waals surface area contributed by atoms with Gasteiger partial charge in [0.05, 0.1) is 11.2 Å². The van der Waals surface area contributed by atoms with Crippen LogP contribution < -0.4 is 10.9 Å². The third kappa shape index (κ3) is 2.61. The number of aromatic nitrogens is 2. The molecule has 0 radical (unpaired) electrons. The van der Waals surface area contributed by atoms with Gasteiger partial charge in [-0.25, -0.2) is 9.78 Å². The van der Waals surface area contributed by atoms with Gasteiger partial charge in [-0.2, -0.15) is 0 Å². The molecule has 0 amide bonds. The second-order valence-electron chi connectivity index (χ2n) is 6.84. The molecule has 2 N–H and O–H groups in total. The van der Waals surface area contributed by atoms with Crippen LogP contribution in [0.1, 0.15) is 42.1 Å². The lowest BCUT2D eigenvalue weighted by Crippen LogP contribution is -2.33. The maximum Gasteiger partial charge on any atom is 0.326 e. The van der Waals surface area contributed by atoms with E-state index in [1.807, 2.05) is 25.1 Å². The minimum absolute atomic E-state index is 0.126. The zero-order valence-electron chi connectivity index (χ0n) is 13.8. The van der Waals surface area contributed by atoms with Crippen LogP contribution in [0.3, 0.4) is 0 Å². The van der Waals surface area contributed by atoms with Crippen LogP contribution in [0.2, 0.25) is 5.15 Å². The first-order valence-corrected chi connectivity index (χ1v) is 8.68. The molecule has 7 heteroatoms. The second-order valence-corrected chi connectivity index (χ2v) is 7.20. The molecule has 25 heavy (non-hydrogen) atoms. The Labute approximate surface area is 149 Å². The van der Waals surface area contributed by atoms with Crippen molar-refractivity contribution in [2.75, 3.05) is 5.32 Å². The quantitative estimate of drug-likeness (QED) is 0.876. The predicted octanol–water partition coefficient (Wildman–Crippen LogP) is 2.88. The lowest BCUT2D eigenvalue weighted by molar-refractivity contribution is -0.140. The van der Waals surface area contributed by atoms with E-state index in [9.17, 15) is 14.7 Å². The summed E-state index contributed by atoms with van der Waals surface area (Å²) in [5.74, 6) is -0.894. The lowest BCUT2D eigenvalue weighted by Gasteiger charge is -2.20. The van der Waals surface area contributed by atoms with E-state index in [0.717, 1.165) is 24.0 Å². The molecule has 1 fully saturated rings. The summed E-state index contributed by atoms with van der Waals surface area (Å²) in [4.78, 5) is 28.5. The van der Waals surface area contributed by atoms with E-state index in [-0.39, 0.29) is 16.5 Å². The molecule has 1 aliphatic heterocycles. The molecule has 1 atom stereocenters. The Hall–Kier alpha value is -2.34. The Kier molecular flexibility index (Phi) is 3.61. The number of anilines is 1. The molecule has 2 aromatic rings. The highest BCUT2D eigenvalue weighted by atomic mass is 35.5. The largest absolute Gasteiger partial charge is 0.480 e. The molecule has 2 heterocycles. The van der Waals surface area contributed by atoms with Crippen molar-refractivity contribution in [2.24, 2.45) is 0 Å². The Morgan fingerprint density at radius 1 is 1.44 bits per heavy atom. The van der Waals surface area contributed by atoms with Gasteiger partial charge in [-0.3, -0.25) is 9.36 Å². The Balaban J connectivity index is 1.75. The highest BCUT2D eigenvalue weighted by molar-refractivity contribution is 6.30. The smallest absolute Gasteiger partial charge is 0.326 e. The van der Waals surface area contributed by atoms with Crippen molar-refractivity contribution < 1.29 is 9.90 Å². The van der Waals surface area contributed by atoms with Crippen LogP contribution in [-0.4, -0.2) is 20.6 Å². The molecule has 1 aromatic heterocycles. The first-order chi connectivity index (χ1) is 11.9. The minimum Gasteiger partial charge on any atom is -0.480 e. The molecule has 4 rings (SSSR count). The van der Waals surface area contributed by atoms with Crippen molar-refractivity contribution in [1.29, 1.82) is 0 Å². The van der Waals surface area contributed by atoms with Gasteiger partial charge in [0.1, 0.15) is 6.04 Å². The fraction of sp³-hybridized carbons (Fsp3) is 0.389. The molecule has 1 saturated carbocycles. The molecular weight excluding hydrogens is 342 g/mol. The van der Waals surface area contributed by atoms with Gasteiger partial charge in [-0.05, 0) is 38.2 Å². The Bertz CT molecular complexity index is 934. The molecule has 1 aromatic carbocycles. The number of nitrogens with one attached hydrogen (secondary N) is 1. The van der Waals surface area contributed by atoms with Gasteiger partial charge in [-0.1, -0.05) is 41.4 Å². The second kappa shape index (κ2) is 5.59. The third-order valence-corrected chi connectivity index (χ3v) is 5.39. The van der Waals surface area contributed by atoms with Gasteiger partial charge >= 0.3 is 5.97 Å². The minimum atomic E-state index is -1.02. The number of carboxylic acids is 1. The molecule has 2 aliphatic rings. The SMILES string of the molecule is Cc1cccc(C2(Nc3nc(Cl)c4n(c3=O)[C@H](C(=O)O)CC4)CC2)c1. The summed E-state index contributed by atoms with van der Waals surface area (Å²) >= 11 is 6.23. The number of nitrogens with zero attached hydrogens (tertiary/aromatic N) is 2. The summed E-state index contributed by atoms with van der Waals surface area (Å²) in [6.07, 6.45) is 2.58. The maximum absolute atomic E-state index is 12.8. The summed E-state index contributed by atoms with van der Waals surface area (Å²) in [5.41, 5.74) is 2.01. The molecule has 0 bridgehead atoms. The molecule has 6 nitrogen and oxygen atoms in total. The molecular formula is C18H18ClN3O3. The van der Waals surface area contributed by atoms with E-state index >= 15 is 0 Å². The number of fused-ring (bicyclic) bond motifs is 1. The van der Waals surface area contributed by atoms with Gasteiger partial charge in [0, 0.05) is 0 Å². The van der Waals surface area contributed by atoms with Gasteiger partial charge in [-0.15, -0.1) is 0 Å². The predicted molar refractivity (Wildman–Crippen MR) is 94.2 cm³/mol. The Morgan fingerprint density at radius 2 is 2.20 bits per heavy atom. The average molecular weight is 360 g/mol. The molecule has 0 spiro atoms. The third-order valence-electron chi connectivity index (χ3n) is 5.09. The fourth-order valence-electron chi connectivity index (χ4n) is 3.60. The number of aryl methyl sites for hydroxylation is 1. The van der Waals surface area contributed by atoms with Crippen LogP contribution in [0.5, 0.6) is 0 Å². The van der Waals surface area contributed by atoms with E-state index in [1.165, 1.54) is 4.57 Å². The normalized spacial score (nSPS) is 20.2. The summed E-state index contributed by atoms with van der Waals surface area (Å²) < 4.78 is 1.28. The van der Waals surface area contributed by atoms with E-state index in [4.69, 9.17) is 11.6 Å². The number of rotatable bonds is 4. The van der Waals surface area contributed by atoms with Gasteiger partial charge in [0.25, 0.3) is 5.56 Å². The number of carboxylic acid groups (broad SMARTS) is 1. The van der Waals surface area contributed by atoms with Crippen LogP contribution in [0.4, 0.5) is 5.82 Å². The highest BCUT2D eigenvalue weighted by Crippen LogP contribution is 2.48. The number of aliphatic carboxylic acids is 1. The lowest BCUT2D eigenvalue weighted by atomic mass is 10.0. The van der Waals surface area contributed by atoms with E-state index < -0.39 is 17.6 Å². The van der Waals surface area contributed by atoms with Crippen LogP contribution in [-0.2, 0) is 16.8 Å². The van der Waals surface area contributed by atoms with Gasteiger partial charge in [0.2, 0.25) is 0 Å². The summed E-state index contributed by atoms with van der Waals surface area (Å²) in [6.45, 7) is 2.02. The van der Waals surface area contributed by atoms with Crippen molar-refractivity contribution >= 4 is 23.4 Å². The van der Waals surface area contributed by atoms with E-state index in [0.29, 0.717) is 18.5 Å². The monoisotopic (exact) mass is 359 g/mol. The standard InChI is InChI=1S/C18H18ClN3O3/c1-10-3-2-4-11(9-10)18(7-8-18)21-15-16(23)22-12(14(19)20-15)5-6-13(22)17(24)25/h2-4,9,13H,5-8H2,1H3,(H,20,21)(H,24,25)/t13-/m0/s1. The van der Waals surface area contributed by atoms with Crippen molar-refractivity contribution in [1.82, 2.24) is 9.55 Å². The zero-order valence-corrected chi connectivity index (χ0v) is 14.5. The van der Waals surface area contributed by atoms with Gasteiger partial charge < -0.3 is 10.4 Å². The molecule has 130 valence electrons. The van der Waals surface area contributed by atoms with Crippen LogP contribution in [0.25, 0.3) is 0 Å². The first kappa shape index (κ1) is 16.1. The van der Waals surface area contributed by atoms with Crippen molar-refractivity contribution in [3.05, 3.63) is 56.6 Å². The number of hydrogen-bond acceptors (Lipinski definition) is 4. The highest BCUT2D eigenvalue weighted by Gasteiger charge is 2.46. The number of halogens is 1. The Morgan fingerprint density at radius 3 is 2.84 bits per heavy atom.